The molecule has 4 heterocycles. The van der Waals surface area contributed by atoms with E-state index in [2.05, 4.69) is 25.3 Å². The second-order valence-corrected chi connectivity index (χ2v) is 8.43. The third kappa shape index (κ3) is 5.31. The smallest absolute Gasteiger partial charge is 0.417 e. The number of halogens is 4. The van der Waals surface area contributed by atoms with Crippen LogP contribution in [-0.4, -0.2) is 33.0 Å². The number of H-pyrrole nitrogens is 1. The third-order valence-electron chi connectivity index (χ3n) is 5.79. The van der Waals surface area contributed by atoms with Crippen LogP contribution < -0.4 is 10.1 Å². The number of carbonyl (C=O) groups is 1. The number of rotatable bonds is 6. The van der Waals surface area contributed by atoms with Gasteiger partial charge in [-0.25, -0.2) is 14.4 Å². The highest BCUT2D eigenvalue weighted by atomic mass is 19.4. The van der Waals surface area contributed by atoms with Crippen molar-refractivity contribution in [3.8, 4) is 28.3 Å². The average molecular weight is 521 g/mol. The van der Waals surface area contributed by atoms with Gasteiger partial charge >= 0.3 is 6.18 Å². The predicted octanol–water partition coefficient (Wildman–Crippen LogP) is 6.03. The van der Waals surface area contributed by atoms with Crippen LogP contribution in [0.1, 0.15) is 11.1 Å². The maximum atomic E-state index is 15.0. The van der Waals surface area contributed by atoms with Gasteiger partial charge in [0, 0.05) is 52.4 Å². The highest BCUT2D eigenvalue weighted by molar-refractivity contribution is 5.92. The maximum Gasteiger partial charge on any atom is 0.417 e. The topological polar surface area (TPSA) is 92.8 Å². The van der Waals surface area contributed by atoms with Gasteiger partial charge in [0.25, 0.3) is 0 Å². The summed E-state index contributed by atoms with van der Waals surface area (Å²) in [7, 11) is 1.54. The first kappa shape index (κ1) is 24.9. The molecule has 0 unspecified atom stereocenters. The Balaban J connectivity index is 1.32. The molecule has 0 aliphatic carbocycles. The SMILES string of the molecule is COc1ccc(-c2cc3cc(-c4ccc(CC(=O)Nc5cncc(C(F)(F)F)c5)cc4F)cnc3[nH]2)cn1. The molecule has 7 nitrogen and oxygen atoms in total. The van der Waals surface area contributed by atoms with Gasteiger partial charge in [0.2, 0.25) is 11.8 Å². The summed E-state index contributed by atoms with van der Waals surface area (Å²) in [6.07, 6.45) is 0.169. The molecule has 0 aliphatic heterocycles. The van der Waals surface area contributed by atoms with Crippen LogP contribution in [0.5, 0.6) is 5.88 Å². The van der Waals surface area contributed by atoms with E-state index in [1.807, 2.05) is 12.1 Å². The monoisotopic (exact) mass is 521 g/mol. The van der Waals surface area contributed by atoms with Crippen molar-refractivity contribution in [3.05, 3.63) is 90.3 Å². The van der Waals surface area contributed by atoms with Gasteiger partial charge < -0.3 is 15.0 Å². The Morgan fingerprint density at radius 2 is 1.79 bits per heavy atom. The normalized spacial score (nSPS) is 11.5. The molecule has 11 heteroatoms. The van der Waals surface area contributed by atoms with Crippen LogP contribution in [0, 0.1) is 5.82 Å². The molecule has 0 fully saturated rings. The van der Waals surface area contributed by atoms with Gasteiger partial charge in [-0.1, -0.05) is 12.1 Å². The van der Waals surface area contributed by atoms with Gasteiger partial charge in [0.15, 0.2) is 0 Å². The Morgan fingerprint density at radius 3 is 2.50 bits per heavy atom. The average Bonchev–Trinajstić information content (AvgIpc) is 3.32. The molecular weight excluding hydrogens is 502 g/mol. The molecule has 0 radical (unpaired) electrons. The van der Waals surface area contributed by atoms with Crippen LogP contribution in [0.15, 0.2) is 73.3 Å². The van der Waals surface area contributed by atoms with Gasteiger partial charge in [0.1, 0.15) is 11.5 Å². The fourth-order valence-corrected chi connectivity index (χ4v) is 3.94. The maximum absolute atomic E-state index is 15.0. The number of fused-ring (bicyclic) bond motifs is 1. The molecule has 5 rings (SSSR count). The minimum atomic E-state index is -4.58. The van der Waals surface area contributed by atoms with Crippen LogP contribution in [0.2, 0.25) is 0 Å². The van der Waals surface area contributed by atoms with Crippen molar-refractivity contribution < 1.29 is 27.1 Å². The number of benzene rings is 1. The van der Waals surface area contributed by atoms with E-state index in [9.17, 15) is 18.0 Å². The summed E-state index contributed by atoms with van der Waals surface area (Å²) in [4.78, 5) is 27.7. The summed E-state index contributed by atoms with van der Waals surface area (Å²) in [5.74, 6) is -0.670. The number of carbonyl (C=O) groups excluding carboxylic acids is 1. The molecule has 0 spiro atoms. The van der Waals surface area contributed by atoms with Crippen molar-refractivity contribution in [1.82, 2.24) is 19.9 Å². The van der Waals surface area contributed by atoms with Crippen molar-refractivity contribution >= 4 is 22.6 Å². The van der Waals surface area contributed by atoms with E-state index < -0.39 is 23.5 Å². The first-order valence-corrected chi connectivity index (χ1v) is 11.3. The van der Waals surface area contributed by atoms with Crippen LogP contribution >= 0.6 is 0 Å². The number of anilines is 1. The number of methoxy groups -OCH3 is 1. The van der Waals surface area contributed by atoms with Crippen molar-refractivity contribution in [2.45, 2.75) is 12.6 Å². The van der Waals surface area contributed by atoms with Crippen molar-refractivity contribution in [2.24, 2.45) is 0 Å². The Labute approximate surface area is 213 Å². The van der Waals surface area contributed by atoms with Crippen molar-refractivity contribution in [2.75, 3.05) is 12.4 Å². The molecule has 0 saturated carbocycles. The fraction of sp³-hybridized carbons (Fsp3) is 0.111. The fourth-order valence-electron chi connectivity index (χ4n) is 3.94. The number of hydrogen-bond acceptors (Lipinski definition) is 5. The standard InChI is InChI=1S/C27H19F4N5O2/c1-38-25-5-3-16(11-33-25)23-9-17-8-18(12-34-26(17)36-23)21-4-2-15(6-22(21)28)7-24(37)35-20-10-19(13-32-14-20)27(29,30)31/h2-6,8-14H,7H2,1H3,(H,34,36)(H,35,37). The molecule has 2 N–H and O–H groups in total. The summed E-state index contributed by atoms with van der Waals surface area (Å²) >= 11 is 0. The number of alkyl halides is 3. The van der Waals surface area contributed by atoms with Crippen LogP contribution in [0.3, 0.4) is 0 Å². The molecular formula is C27H19F4N5O2. The lowest BCUT2D eigenvalue weighted by Crippen LogP contribution is -2.15. The first-order chi connectivity index (χ1) is 18.2. The highest BCUT2D eigenvalue weighted by Gasteiger charge is 2.31. The van der Waals surface area contributed by atoms with E-state index in [0.717, 1.165) is 28.9 Å². The van der Waals surface area contributed by atoms with E-state index in [4.69, 9.17) is 4.74 Å². The number of hydrogen-bond donors (Lipinski definition) is 2. The first-order valence-electron chi connectivity index (χ1n) is 11.3. The van der Waals surface area contributed by atoms with Crippen molar-refractivity contribution in [3.63, 3.8) is 0 Å². The zero-order valence-corrected chi connectivity index (χ0v) is 19.8. The van der Waals surface area contributed by atoms with E-state index in [-0.39, 0.29) is 12.1 Å². The molecule has 0 aliphatic rings. The largest absolute Gasteiger partial charge is 0.481 e. The third-order valence-corrected chi connectivity index (χ3v) is 5.79. The number of nitrogens with one attached hydrogen (secondary N) is 2. The summed E-state index contributed by atoms with van der Waals surface area (Å²) in [5.41, 5.74) is 2.35. The zero-order valence-electron chi connectivity index (χ0n) is 19.8. The summed E-state index contributed by atoms with van der Waals surface area (Å²) in [6.45, 7) is 0. The molecule has 0 atom stereocenters. The Kier molecular flexibility index (Phi) is 6.50. The number of amides is 1. The molecule has 1 aromatic carbocycles. The van der Waals surface area contributed by atoms with E-state index in [1.165, 1.54) is 19.2 Å². The van der Waals surface area contributed by atoms with Crippen LogP contribution in [0.25, 0.3) is 33.4 Å². The minimum absolute atomic E-state index is 0.0995. The molecule has 38 heavy (non-hydrogen) atoms. The summed E-state index contributed by atoms with van der Waals surface area (Å²) in [5, 5.41) is 3.13. The van der Waals surface area contributed by atoms with E-state index in [1.54, 1.807) is 30.6 Å². The predicted molar refractivity (Wildman–Crippen MR) is 133 cm³/mol. The van der Waals surface area contributed by atoms with Gasteiger partial charge in [0.05, 0.1) is 31.0 Å². The molecule has 4 aromatic heterocycles. The minimum Gasteiger partial charge on any atom is -0.481 e. The molecule has 1 amide bonds. The Morgan fingerprint density at radius 1 is 0.974 bits per heavy atom. The van der Waals surface area contributed by atoms with Gasteiger partial charge in [-0.05, 0) is 35.9 Å². The number of ether oxygens (including phenoxy) is 1. The van der Waals surface area contributed by atoms with Crippen molar-refractivity contribution in [1.29, 1.82) is 0 Å². The zero-order chi connectivity index (χ0) is 26.9. The Bertz CT molecular complexity index is 1630. The molecule has 192 valence electrons. The Hall–Kier alpha value is -4.80. The molecule has 0 bridgehead atoms. The summed E-state index contributed by atoms with van der Waals surface area (Å²) < 4.78 is 58.7. The van der Waals surface area contributed by atoms with E-state index in [0.29, 0.717) is 34.4 Å². The highest BCUT2D eigenvalue weighted by Crippen LogP contribution is 2.31. The van der Waals surface area contributed by atoms with Crippen LogP contribution in [-0.2, 0) is 17.4 Å². The number of aromatic nitrogens is 4. The molecule has 0 saturated heterocycles. The van der Waals surface area contributed by atoms with E-state index >= 15 is 4.39 Å². The lowest BCUT2D eigenvalue weighted by atomic mass is 10.0. The molecule has 5 aromatic rings. The second kappa shape index (κ2) is 9.92. The quantitative estimate of drug-likeness (QED) is 0.266. The van der Waals surface area contributed by atoms with Gasteiger partial charge in [-0.3, -0.25) is 9.78 Å². The number of aromatic amines is 1. The lowest BCUT2D eigenvalue weighted by Gasteiger charge is -2.10. The van der Waals surface area contributed by atoms with Gasteiger partial charge in [-0.2, -0.15) is 13.2 Å². The number of pyridine rings is 3. The lowest BCUT2D eigenvalue weighted by molar-refractivity contribution is -0.137. The second-order valence-electron chi connectivity index (χ2n) is 8.43. The summed E-state index contributed by atoms with van der Waals surface area (Å²) in [6, 6.07) is 12.4. The van der Waals surface area contributed by atoms with Crippen LogP contribution in [0.4, 0.5) is 23.2 Å². The van der Waals surface area contributed by atoms with Gasteiger partial charge in [-0.15, -0.1) is 0 Å². The number of nitrogens with zero attached hydrogens (tertiary/aromatic N) is 3.